The Balaban J connectivity index is 2.16. The molecule has 1 amide bonds. The maximum atomic E-state index is 12.8. The predicted octanol–water partition coefficient (Wildman–Crippen LogP) is 3.98. The third kappa shape index (κ3) is 4.31. The van der Waals surface area contributed by atoms with Gasteiger partial charge < -0.3 is 10.1 Å². The molecule has 0 bridgehead atoms. The molecule has 0 saturated carbocycles. The summed E-state index contributed by atoms with van der Waals surface area (Å²) in [5.74, 6) is -1.51. The van der Waals surface area contributed by atoms with Crippen LogP contribution >= 0.6 is 11.3 Å². The monoisotopic (exact) mass is 358 g/mol. The number of hydrogen-bond donors (Lipinski definition) is 1. The van der Waals surface area contributed by atoms with Crippen molar-refractivity contribution in [2.24, 2.45) is 0 Å². The van der Waals surface area contributed by atoms with E-state index in [1.54, 1.807) is 0 Å². The summed E-state index contributed by atoms with van der Waals surface area (Å²) in [5.41, 5.74) is 0.105. The zero-order chi connectivity index (χ0) is 17.7. The van der Waals surface area contributed by atoms with E-state index in [1.807, 2.05) is 6.92 Å². The lowest BCUT2D eigenvalue weighted by Gasteiger charge is -2.09. The minimum Gasteiger partial charge on any atom is -0.462 e. The van der Waals surface area contributed by atoms with Crippen LogP contribution in [-0.4, -0.2) is 23.5 Å². The standard InChI is InChI=1S/C15H13F3N2O3S/c1-2-6-23-14(22)9-4-3-5-10(7-9)20-13(21)11-12(15(16,17)18)19-8-24-11/h3-5,7-8H,2,6H2,1H3,(H,20,21). The van der Waals surface area contributed by atoms with Crippen molar-refractivity contribution in [2.45, 2.75) is 19.5 Å². The third-order valence-corrected chi connectivity index (χ3v) is 3.66. The van der Waals surface area contributed by atoms with Gasteiger partial charge in [-0.05, 0) is 24.6 Å². The highest BCUT2D eigenvalue weighted by atomic mass is 32.1. The van der Waals surface area contributed by atoms with Crippen molar-refractivity contribution in [3.8, 4) is 0 Å². The van der Waals surface area contributed by atoms with E-state index < -0.39 is 28.6 Å². The van der Waals surface area contributed by atoms with Crippen LogP contribution in [0.3, 0.4) is 0 Å². The summed E-state index contributed by atoms with van der Waals surface area (Å²) in [4.78, 5) is 26.5. The third-order valence-electron chi connectivity index (χ3n) is 2.84. The van der Waals surface area contributed by atoms with Crippen molar-refractivity contribution in [1.29, 1.82) is 0 Å². The number of thiazole rings is 1. The number of nitrogens with one attached hydrogen (secondary N) is 1. The topological polar surface area (TPSA) is 68.3 Å². The molecule has 2 rings (SSSR count). The normalized spacial score (nSPS) is 11.2. The van der Waals surface area contributed by atoms with Gasteiger partial charge in [-0.1, -0.05) is 13.0 Å². The van der Waals surface area contributed by atoms with E-state index in [1.165, 1.54) is 24.3 Å². The molecule has 0 atom stereocenters. The van der Waals surface area contributed by atoms with E-state index in [9.17, 15) is 22.8 Å². The van der Waals surface area contributed by atoms with Gasteiger partial charge in [0.1, 0.15) is 4.88 Å². The van der Waals surface area contributed by atoms with Crippen LogP contribution in [0, 0.1) is 0 Å². The summed E-state index contributed by atoms with van der Waals surface area (Å²) >= 11 is 0.591. The molecule has 1 heterocycles. The molecule has 0 aliphatic heterocycles. The predicted molar refractivity (Wildman–Crippen MR) is 82.1 cm³/mol. The van der Waals surface area contributed by atoms with Crippen molar-refractivity contribution in [3.63, 3.8) is 0 Å². The fourth-order valence-corrected chi connectivity index (χ4v) is 2.50. The van der Waals surface area contributed by atoms with Gasteiger partial charge in [-0.15, -0.1) is 11.3 Å². The molecule has 128 valence electrons. The van der Waals surface area contributed by atoms with Gasteiger partial charge in [0, 0.05) is 5.69 Å². The fourth-order valence-electron chi connectivity index (χ4n) is 1.80. The highest BCUT2D eigenvalue weighted by molar-refractivity contribution is 7.12. The summed E-state index contributed by atoms with van der Waals surface area (Å²) in [6.45, 7) is 2.10. The van der Waals surface area contributed by atoms with Crippen LogP contribution in [0.1, 0.15) is 39.1 Å². The smallest absolute Gasteiger partial charge is 0.434 e. The quantitative estimate of drug-likeness (QED) is 0.821. The molecule has 1 aromatic heterocycles. The van der Waals surface area contributed by atoms with Crippen LogP contribution in [-0.2, 0) is 10.9 Å². The van der Waals surface area contributed by atoms with Crippen LogP contribution in [0.5, 0.6) is 0 Å². The molecule has 1 aromatic carbocycles. The minimum absolute atomic E-state index is 0.187. The maximum Gasteiger partial charge on any atom is 0.434 e. The van der Waals surface area contributed by atoms with E-state index in [0.29, 0.717) is 17.8 Å². The van der Waals surface area contributed by atoms with Crippen LogP contribution in [0.2, 0.25) is 0 Å². The first kappa shape index (κ1) is 17.9. The van der Waals surface area contributed by atoms with Gasteiger partial charge in [-0.25, -0.2) is 9.78 Å². The fraction of sp³-hybridized carbons (Fsp3) is 0.267. The average molecular weight is 358 g/mol. The molecule has 0 aliphatic carbocycles. The molecule has 0 saturated heterocycles. The molecule has 5 nitrogen and oxygen atoms in total. The minimum atomic E-state index is -4.71. The number of benzene rings is 1. The van der Waals surface area contributed by atoms with Gasteiger partial charge in [0.25, 0.3) is 5.91 Å². The summed E-state index contributed by atoms with van der Waals surface area (Å²) in [7, 11) is 0. The summed E-state index contributed by atoms with van der Waals surface area (Å²) in [5, 5.41) is 2.33. The summed E-state index contributed by atoms with van der Waals surface area (Å²) in [6, 6.07) is 5.78. The summed E-state index contributed by atoms with van der Waals surface area (Å²) in [6.07, 6.45) is -4.05. The number of amides is 1. The molecule has 0 fully saturated rings. The second kappa shape index (κ2) is 7.43. The molecule has 2 aromatic rings. The van der Waals surface area contributed by atoms with Gasteiger partial charge in [-0.2, -0.15) is 13.2 Å². The highest BCUT2D eigenvalue weighted by Gasteiger charge is 2.38. The number of esters is 1. The van der Waals surface area contributed by atoms with Gasteiger partial charge >= 0.3 is 12.1 Å². The van der Waals surface area contributed by atoms with Gasteiger partial charge in [-0.3, -0.25) is 4.79 Å². The molecular formula is C15H13F3N2O3S. The first-order valence-electron chi connectivity index (χ1n) is 6.92. The van der Waals surface area contributed by atoms with Crippen LogP contribution in [0.25, 0.3) is 0 Å². The van der Waals surface area contributed by atoms with Gasteiger partial charge in [0.05, 0.1) is 17.7 Å². The van der Waals surface area contributed by atoms with Gasteiger partial charge in [0.15, 0.2) is 5.69 Å². The second-order valence-electron chi connectivity index (χ2n) is 4.70. The molecule has 1 N–H and O–H groups in total. The maximum absolute atomic E-state index is 12.8. The van der Waals surface area contributed by atoms with Crippen molar-refractivity contribution < 1.29 is 27.5 Å². The lowest BCUT2D eigenvalue weighted by atomic mass is 10.2. The number of anilines is 1. The first-order chi connectivity index (χ1) is 11.3. The Morgan fingerprint density at radius 1 is 1.33 bits per heavy atom. The zero-order valence-corrected chi connectivity index (χ0v) is 13.3. The van der Waals surface area contributed by atoms with Gasteiger partial charge in [0.2, 0.25) is 0 Å². The number of carbonyl (C=O) groups is 2. The molecule has 0 unspecified atom stereocenters. The van der Waals surface area contributed by atoms with Crippen LogP contribution in [0.15, 0.2) is 29.8 Å². The number of carbonyl (C=O) groups excluding carboxylic acids is 2. The Morgan fingerprint density at radius 2 is 2.08 bits per heavy atom. The van der Waals surface area contributed by atoms with E-state index in [0.717, 1.165) is 5.51 Å². The Bertz CT molecular complexity index is 744. The van der Waals surface area contributed by atoms with Crippen molar-refractivity contribution >= 4 is 28.9 Å². The number of rotatable bonds is 5. The number of hydrogen-bond acceptors (Lipinski definition) is 5. The van der Waals surface area contributed by atoms with E-state index in [4.69, 9.17) is 4.74 Å². The van der Waals surface area contributed by atoms with Crippen molar-refractivity contribution in [3.05, 3.63) is 45.9 Å². The Labute approximate surface area is 139 Å². The molecule has 0 aliphatic rings. The van der Waals surface area contributed by atoms with E-state index in [-0.39, 0.29) is 17.9 Å². The van der Waals surface area contributed by atoms with Crippen LogP contribution < -0.4 is 5.32 Å². The molecule has 24 heavy (non-hydrogen) atoms. The van der Waals surface area contributed by atoms with E-state index in [2.05, 4.69) is 10.3 Å². The molecular weight excluding hydrogens is 345 g/mol. The SMILES string of the molecule is CCCOC(=O)c1cccc(NC(=O)c2scnc2C(F)(F)F)c1. The van der Waals surface area contributed by atoms with Crippen molar-refractivity contribution in [1.82, 2.24) is 4.98 Å². The molecule has 9 heteroatoms. The first-order valence-corrected chi connectivity index (χ1v) is 7.80. The number of nitrogens with zero attached hydrogens (tertiary/aromatic N) is 1. The average Bonchev–Trinajstić information content (AvgIpc) is 3.03. The number of alkyl halides is 3. The molecule has 0 radical (unpaired) electrons. The number of ether oxygens (including phenoxy) is 1. The van der Waals surface area contributed by atoms with Crippen molar-refractivity contribution in [2.75, 3.05) is 11.9 Å². The Morgan fingerprint density at radius 3 is 2.75 bits per heavy atom. The largest absolute Gasteiger partial charge is 0.462 e. The lowest BCUT2D eigenvalue weighted by Crippen LogP contribution is -2.17. The second-order valence-corrected chi connectivity index (χ2v) is 5.55. The highest BCUT2D eigenvalue weighted by Crippen LogP contribution is 2.33. The van der Waals surface area contributed by atoms with Crippen LogP contribution in [0.4, 0.5) is 18.9 Å². The molecule has 0 spiro atoms. The lowest BCUT2D eigenvalue weighted by molar-refractivity contribution is -0.141. The number of aromatic nitrogens is 1. The summed E-state index contributed by atoms with van der Waals surface area (Å²) < 4.78 is 43.3. The van der Waals surface area contributed by atoms with E-state index >= 15 is 0 Å². The number of halogens is 3. The Kier molecular flexibility index (Phi) is 5.55. The zero-order valence-electron chi connectivity index (χ0n) is 12.5. The Hall–Kier alpha value is -2.42.